The number of hydrogen-bond acceptors (Lipinski definition) is 6. The number of aryl methyl sites for hydroxylation is 2. The molecular weight excluding hydrogens is 455 g/mol. The maximum Gasteiger partial charge on any atom is 2.00 e. The molecule has 116 valence electrons. The topological polar surface area (TPSA) is 106 Å². The number of rotatable bonds is 0. The first-order valence-electron chi connectivity index (χ1n) is 5.46. The van der Waals surface area contributed by atoms with Gasteiger partial charge in [-0.3, -0.25) is 9.97 Å². The summed E-state index contributed by atoms with van der Waals surface area (Å²) in [5, 5.41) is 16.5. The summed E-state index contributed by atoms with van der Waals surface area (Å²) >= 11 is 0. The largest absolute Gasteiger partial charge is 2.00 e. The molecule has 6 nitrogen and oxygen atoms in total. The fourth-order valence-electron chi connectivity index (χ4n) is 0.896. The van der Waals surface area contributed by atoms with Gasteiger partial charge in [0, 0.05) is 37.7 Å². The molecule has 0 aliphatic rings. The first-order chi connectivity index (χ1) is 9.62. The van der Waals surface area contributed by atoms with Crippen molar-refractivity contribution in [3.8, 4) is 0 Å². The van der Waals surface area contributed by atoms with Crippen LogP contribution in [0.5, 0.6) is 0 Å². The number of carbonyl (C=O) groups excluding carboxylic acids is 2. The second-order valence-electron chi connectivity index (χ2n) is 3.25. The summed E-state index contributed by atoms with van der Waals surface area (Å²) in [4.78, 5) is 24.3. The molecule has 0 atom stereocenters. The first-order valence-corrected chi connectivity index (χ1v) is 5.46. The average molecular weight is 471 g/mol. The van der Waals surface area contributed by atoms with Crippen molar-refractivity contribution in [2.45, 2.75) is 13.8 Å². The number of nitrogens with zero attached hydrogens (tertiary/aromatic N) is 2. The first kappa shape index (κ1) is 24.0. The van der Waals surface area contributed by atoms with Crippen LogP contribution in [-0.2, 0) is 30.7 Å². The van der Waals surface area contributed by atoms with Gasteiger partial charge in [-0.05, 0) is 37.1 Å². The zero-order chi connectivity index (χ0) is 15.6. The number of pyridine rings is 2. The molecule has 0 N–H and O–H groups in total. The zero-order valence-electron chi connectivity index (χ0n) is 11.6. The molecule has 7 heteroatoms. The minimum absolute atomic E-state index is 0. The van der Waals surface area contributed by atoms with E-state index >= 15 is 0 Å². The van der Waals surface area contributed by atoms with Crippen molar-refractivity contribution in [3.05, 3.63) is 60.2 Å². The van der Waals surface area contributed by atoms with Crippen molar-refractivity contribution < 1.29 is 40.9 Å². The predicted molar refractivity (Wildman–Crippen MR) is 70.1 cm³/mol. The van der Waals surface area contributed by atoms with E-state index in [1.165, 1.54) is 11.1 Å². The molecule has 2 aromatic rings. The molecule has 0 bridgehead atoms. The molecule has 0 radical (unpaired) electrons. The SMILES string of the molecule is Cc1cccnc1.Cc1cccnc1.O=C[O-].O=C[O-].[Pt+2]. The van der Waals surface area contributed by atoms with Gasteiger partial charge in [-0.15, -0.1) is 0 Å². The van der Waals surface area contributed by atoms with Crippen molar-refractivity contribution >= 4 is 12.9 Å². The smallest absolute Gasteiger partial charge is 0.554 e. The van der Waals surface area contributed by atoms with Crippen LogP contribution >= 0.6 is 0 Å². The van der Waals surface area contributed by atoms with Crippen molar-refractivity contribution in [2.75, 3.05) is 0 Å². The average Bonchev–Trinajstić information content (AvgIpc) is 2.43. The van der Waals surface area contributed by atoms with E-state index in [4.69, 9.17) is 19.8 Å². The molecule has 0 aromatic carbocycles. The Morgan fingerprint density at radius 1 is 0.857 bits per heavy atom. The Morgan fingerprint density at radius 2 is 1.14 bits per heavy atom. The Morgan fingerprint density at radius 3 is 1.24 bits per heavy atom. The summed E-state index contributed by atoms with van der Waals surface area (Å²) in [7, 11) is 0. The van der Waals surface area contributed by atoms with E-state index in [-0.39, 0.29) is 21.1 Å². The second kappa shape index (κ2) is 20.3. The summed E-state index contributed by atoms with van der Waals surface area (Å²) in [6.45, 7) is 3.04. The number of hydrogen-bond donors (Lipinski definition) is 0. The summed E-state index contributed by atoms with van der Waals surface area (Å²) < 4.78 is 0. The van der Waals surface area contributed by atoms with Gasteiger partial charge in [-0.2, -0.15) is 0 Å². The van der Waals surface area contributed by atoms with Crippen LogP contribution in [0.1, 0.15) is 11.1 Å². The van der Waals surface area contributed by atoms with E-state index in [1.54, 1.807) is 12.4 Å². The molecule has 0 fully saturated rings. The van der Waals surface area contributed by atoms with Crippen molar-refractivity contribution in [1.82, 2.24) is 9.97 Å². The van der Waals surface area contributed by atoms with Crippen LogP contribution in [0.15, 0.2) is 49.1 Å². The van der Waals surface area contributed by atoms with Gasteiger partial charge in [-0.25, -0.2) is 0 Å². The van der Waals surface area contributed by atoms with Gasteiger partial charge >= 0.3 is 21.1 Å². The van der Waals surface area contributed by atoms with E-state index in [9.17, 15) is 0 Å². The molecule has 0 amide bonds. The molecule has 2 heterocycles. The Bertz CT molecular complexity index is 398. The monoisotopic (exact) mass is 471 g/mol. The van der Waals surface area contributed by atoms with Crippen molar-refractivity contribution in [2.24, 2.45) is 0 Å². The standard InChI is InChI=1S/2C6H7N.2CH2O2.Pt/c2*1-6-3-2-4-7-5-6;2*2-1-3;/h2*2-5H,1H3;2*1H,(H,2,3);/q;;;;+2/p-2. The van der Waals surface area contributed by atoms with Crippen molar-refractivity contribution in [1.29, 1.82) is 0 Å². The van der Waals surface area contributed by atoms with E-state index in [0.29, 0.717) is 0 Å². The second-order valence-corrected chi connectivity index (χ2v) is 3.25. The van der Waals surface area contributed by atoms with Gasteiger partial charge in [0.25, 0.3) is 0 Å². The van der Waals surface area contributed by atoms with Gasteiger partial charge in [0.05, 0.1) is 0 Å². The number of aromatic nitrogens is 2. The van der Waals surface area contributed by atoms with Crippen LogP contribution in [0.2, 0.25) is 0 Å². The van der Waals surface area contributed by atoms with E-state index < -0.39 is 12.9 Å². The third-order valence-corrected chi connectivity index (χ3v) is 1.62. The molecule has 0 saturated carbocycles. The van der Waals surface area contributed by atoms with Gasteiger partial charge < -0.3 is 19.8 Å². The van der Waals surface area contributed by atoms with E-state index in [1.807, 2.05) is 50.5 Å². The summed E-state index contributed by atoms with van der Waals surface area (Å²) in [5.41, 5.74) is 2.42. The van der Waals surface area contributed by atoms with Gasteiger partial charge in [0.1, 0.15) is 0 Å². The van der Waals surface area contributed by atoms with Gasteiger partial charge in [0.15, 0.2) is 0 Å². The summed E-state index contributed by atoms with van der Waals surface area (Å²) in [5.74, 6) is 0. The minimum atomic E-state index is -0.500. The third kappa shape index (κ3) is 23.4. The molecule has 0 unspecified atom stereocenters. The number of carboxylic acid groups (broad SMARTS) is 2. The Hall–Kier alpha value is -2.07. The van der Waals surface area contributed by atoms with Crippen LogP contribution in [-0.4, -0.2) is 22.9 Å². The minimum Gasteiger partial charge on any atom is -0.554 e. The maximum absolute atomic E-state index is 8.25. The van der Waals surface area contributed by atoms with Crippen LogP contribution in [0.4, 0.5) is 0 Å². The molecular formula is C14H16N2O4Pt. The molecule has 21 heavy (non-hydrogen) atoms. The third-order valence-electron chi connectivity index (χ3n) is 1.62. The molecule has 0 aliphatic carbocycles. The quantitative estimate of drug-likeness (QED) is 0.481. The van der Waals surface area contributed by atoms with E-state index in [2.05, 4.69) is 9.97 Å². The maximum atomic E-state index is 8.25. The van der Waals surface area contributed by atoms with Crippen molar-refractivity contribution in [3.63, 3.8) is 0 Å². The van der Waals surface area contributed by atoms with Crippen LogP contribution in [0, 0.1) is 13.8 Å². The molecule has 2 rings (SSSR count). The Labute approximate surface area is 138 Å². The van der Waals surface area contributed by atoms with Crippen LogP contribution < -0.4 is 10.2 Å². The molecule has 0 aliphatic heterocycles. The van der Waals surface area contributed by atoms with Crippen LogP contribution in [0.3, 0.4) is 0 Å². The number of carbonyl (C=O) groups is 2. The normalized spacial score (nSPS) is 6.95. The predicted octanol–water partition coefficient (Wildman–Crippen LogP) is -0.490. The van der Waals surface area contributed by atoms with Gasteiger partial charge in [-0.1, -0.05) is 12.1 Å². The Balaban J connectivity index is -0.000000220. The van der Waals surface area contributed by atoms with Gasteiger partial charge in [0.2, 0.25) is 0 Å². The fraction of sp³-hybridized carbons (Fsp3) is 0.143. The summed E-state index contributed by atoms with van der Waals surface area (Å²) in [6, 6.07) is 7.89. The molecule has 0 spiro atoms. The fourth-order valence-corrected chi connectivity index (χ4v) is 0.896. The Kier molecular flexibility index (Phi) is 23.1. The molecule has 0 saturated heterocycles. The summed E-state index contributed by atoms with van der Waals surface area (Å²) in [6.07, 6.45) is 7.21. The zero-order valence-corrected chi connectivity index (χ0v) is 13.9. The molecule has 2 aromatic heterocycles. The van der Waals surface area contributed by atoms with E-state index in [0.717, 1.165) is 0 Å². The van der Waals surface area contributed by atoms with Crippen LogP contribution in [0.25, 0.3) is 0 Å².